The van der Waals surface area contributed by atoms with E-state index in [0.29, 0.717) is 28.1 Å². The van der Waals surface area contributed by atoms with Crippen LogP contribution in [0.2, 0.25) is 10.0 Å². The van der Waals surface area contributed by atoms with Crippen LogP contribution >= 0.6 is 23.2 Å². The zero-order chi connectivity index (χ0) is 12.8. The summed E-state index contributed by atoms with van der Waals surface area (Å²) in [6.07, 6.45) is 0.506. The molecule has 0 saturated heterocycles. The van der Waals surface area contributed by atoms with Crippen LogP contribution < -0.4 is 5.32 Å². The molecule has 0 radical (unpaired) electrons. The minimum atomic E-state index is -0.620. The molecule has 0 aliphatic carbocycles. The van der Waals surface area contributed by atoms with Crippen molar-refractivity contribution in [3.05, 3.63) is 33.8 Å². The van der Waals surface area contributed by atoms with Gasteiger partial charge in [0.25, 0.3) is 0 Å². The van der Waals surface area contributed by atoms with E-state index >= 15 is 0 Å². The van der Waals surface area contributed by atoms with Gasteiger partial charge in [0.15, 0.2) is 0 Å². The summed E-state index contributed by atoms with van der Waals surface area (Å²) in [4.78, 5) is 0. The zero-order valence-corrected chi connectivity index (χ0v) is 11.7. The molecule has 2 N–H and O–H groups in total. The third-order valence-corrected chi connectivity index (χ3v) is 3.42. The molecule has 0 aromatic heterocycles. The number of hydrogen-bond acceptors (Lipinski definition) is 2. The molecule has 0 amide bonds. The Morgan fingerprint density at radius 1 is 1.29 bits per heavy atom. The van der Waals surface area contributed by atoms with Crippen molar-refractivity contribution in [3.63, 3.8) is 0 Å². The first-order chi connectivity index (χ1) is 8.04. The van der Waals surface area contributed by atoms with Crippen molar-refractivity contribution < 1.29 is 5.11 Å². The molecule has 4 heteroatoms. The van der Waals surface area contributed by atoms with Crippen molar-refractivity contribution in [2.45, 2.75) is 26.4 Å². The third-order valence-electron chi connectivity index (χ3n) is 2.84. The van der Waals surface area contributed by atoms with Crippen LogP contribution in [0.1, 0.15) is 31.9 Å². The molecule has 2 unspecified atom stereocenters. The summed E-state index contributed by atoms with van der Waals surface area (Å²) in [5, 5.41) is 14.4. The van der Waals surface area contributed by atoms with Gasteiger partial charge in [-0.15, -0.1) is 0 Å². The molecule has 2 atom stereocenters. The van der Waals surface area contributed by atoms with Crippen molar-refractivity contribution in [2.75, 3.05) is 13.1 Å². The lowest BCUT2D eigenvalue weighted by Crippen LogP contribution is -2.26. The number of hydrogen-bond donors (Lipinski definition) is 2. The minimum Gasteiger partial charge on any atom is -0.387 e. The fourth-order valence-corrected chi connectivity index (χ4v) is 1.91. The van der Waals surface area contributed by atoms with Crippen LogP contribution in [0.25, 0.3) is 0 Å². The molecular weight excluding hydrogens is 257 g/mol. The monoisotopic (exact) mass is 275 g/mol. The lowest BCUT2D eigenvalue weighted by atomic mass is 10.1. The zero-order valence-electron chi connectivity index (χ0n) is 10.2. The van der Waals surface area contributed by atoms with E-state index in [1.807, 2.05) is 0 Å². The first kappa shape index (κ1) is 14.8. The van der Waals surface area contributed by atoms with E-state index in [9.17, 15) is 5.11 Å². The van der Waals surface area contributed by atoms with Gasteiger partial charge >= 0.3 is 0 Å². The van der Waals surface area contributed by atoms with Gasteiger partial charge in [-0.05, 0) is 30.7 Å². The predicted octanol–water partition coefficient (Wildman–Crippen LogP) is 3.66. The Bertz CT molecular complexity index is 357. The maximum atomic E-state index is 10.0. The number of rotatable bonds is 6. The van der Waals surface area contributed by atoms with Crippen molar-refractivity contribution in [1.29, 1.82) is 0 Å². The van der Waals surface area contributed by atoms with E-state index in [1.165, 1.54) is 0 Å². The van der Waals surface area contributed by atoms with E-state index in [2.05, 4.69) is 19.2 Å². The van der Waals surface area contributed by atoms with Crippen molar-refractivity contribution in [2.24, 2.45) is 5.92 Å². The molecule has 96 valence electrons. The molecule has 1 aromatic rings. The van der Waals surface area contributed by atoms with Gasteiger partial charge in [-0.25, -0.2) is 0 Å². The fraction of sp³-hybridized carbons (Fsp3) is 0.538. The van der Waals surface area contributed by atoms with Crippen LogP contribution in [-0.4, -0.2) is 18.2 Å². The van der Waals surface area contributed by atoms with E-state index in [4.69, 9.17) is 23.2 Å². The van der Waals surface area contributed by atoms with Crippen molar-refractivity contribution in [1.82, 2.24) is 5.32 Å². The molecule has 0 aliphatic rings. The summed E-state index contributed by atoms with van der Waals surface area (Å²) in [7, 11) is 0. The third kappa shape index (κ3) is 4.84. The van der Waals surface area contributed by atoms with Gasteiger partial charge < -0.3 is 10.4 Å². The highest BCUT2D eigenvalue weighted by Crippen LogP contribution is 2.25. The highest BCUT2D eigenvalue weighted by molar-refractivity contribution is 6.33. The smallest absolute Gasteiger partial charge is 0.0929 e. The maximum absolute atomic E-state index is 10.0. The SMILES string of the molecule is CCC(C)CNCC(O)c1cc(Cl)ccc1Cl. The van der Waals surface area contributed by atoms with Crippen LogP contribution in [0.3, 0.4) is 0 Å². The number of aliphatic hydroxyl groups is 1. The van der Waals surface area contributed by atoms with Crippen LogP contribution in [0, 0.1) is 5.92 Å². The van der Waals surface area contributed by atoms with E-state index in [-0.39, 0.29) is 0 Å². The molecular formula is C13H19Cl2NO. The van der Waals surface area contributed by atoms with Gasteiger partial charge in [-0.2, -0.15) is 0 Å². The Balaban J connectivity index is 2.52. The Kier molecular flexibility index (Phi) is 6.28. The minimum absolute atomic E-state index is 0.490. The second kappa shape index (κ2) is 7.22. The number of aliphatic hydroxyl groups excluding tert-OH is 1. The van der Waals surface area contributed by atoms with Crippen molar-refractivity contribution >= 4 is 23.2 Å². The number of nitrogens with one attached hydrogen (secondary N) is 1. The highest BCUT2D eigenvalue weighted by Gasteiger charge is 2.12. The summed E-state index contributed by atoms with van der Waals surface area (Å²) in [5.74, 6) is 0.608. The molecule has 0 saturated carbocycles. The van der Waals surface area contributed by atoms with Crippen molar-refractivity contribution in [3.8, 4) is 0 Å². The van der Waals surface area contributed by atoms with Gasteiger partial charge in [0.2, 0.25) is 0 Å². The van der Waals surface area contributed by atoms with Crippen LogP contribution in [0.5, 0.6) is 0 Å². The van der Waals surface area contributed by atoms with Gasteiger partial charge in [0, 0.05) is 22.2 Å². The normalized spacial score (nSPS) is 14.6. The second-order valence-corrected chi connectivity index (χ2v) is 5.20. The Hall–Kier alpha value is -0.280. The number of benzene rings is 1. The summed E-state index contributed by atoms with van der Waals surface area (Å²) >= 11 is 11.9. The van der Waals surface area contributed by atoms with Gasteiger partial charge in [0.05, 0.1) is 6.10 Å². The van der Waals surface area contributed by atoms with E-state index in [0.717, 1.165) is 13.0 Å². The average molecular weight is 276 g/mol. The van der Waals surface area contributed by atoms with Crippen LogP contribution in [0.15, 0.2) is 18.2 Å². The Labute approximate surface area is 113 Å². The molecule has 1 aromatic carbocycles. The lowest BCUT2D eigenvalue weighted by molar-refractivity contribution is 0.173. The maximum Gasteiger partial charge on any atom is 0.0929 e. The highest BCUT2D eigenvalue weighted by atomic mass is 35.5. The van der Waals surface area contributed by atoms with Gasteiger partial charge in [-0.3, -0.25) is 0 Å². The molecule has 0 spiro atoms. The topological polar surface area (TPSA) is 32.3 Å². The molecule has 17 heavy (non-hydrogen) atoms. The largest absolute Gasteiger partial charge is 0.387 e. The summed E-state index contributed by atoms with van der Waals surface area (Å²) in [5.41, 5.74) is 0.677. The average Bonchev–Trinajstić information content (AvgIpc) is 2.31. The Morgan fingerprint density at radius 3 is 2.65 bits per heavy atom. The molecule has 2 nitrogen and oxygen atoms in total. The second-order valence-electron chi connectivity index (χ2n) is 4.35. The standard InChI is InChI=1S/C13H19Cl2NO/c1-3-9(2)7-16-8-13(17)11-6-10(14)4-5-12(11)15/h4-6,9,13,16-17H,3,7-8H2,1-2H3. The lowest BCUT2D eigenvalue weighted by Gasteiger charge is -2.16. The summed E-state index contributed by atoms with van der Waals surface area (Å²) in [6, 6.07) is 5.13. The van der Waals surface area contributed by atoms with Crippen LogP contribution in [0.4, 0.5) is 0 Å². The fourth-order valence-electron chi connectivity index (χ4n) is 1.49. The van der Waals surface area contributed by atoms with Gasteiger partial charge in [-0.1, -0.05) is 43.5 Å². The molecule has 0 aliphatic heterocycles. The molecule has 1 rings (SSSR count). The first-order valence-electron chi connectivity index (χ1n) is 5.88. The number of halogens is 2. The van der Waals surface area contributed by atoms with E-state index in [1.54, 1.807) is 18.2 Å². The molecule has 0 fully saturated rings. The summed E-state index contributed by atoms with van der Waals surface area (Å²) in [6.45, 7) is 5.71. The predicted molar refractivity (Wildman–Crippen MR) is 73.7 cm³/mol. The van der Waals surface area contributed by atoms with Crippen LogP contribution in [-0.2, 0) is 0 Å². The van der Waals surface area contributed by atoms with E-state index < -0.39 is 6.10 Å². The molecule has 0 heterocycles. The first-order valence-corrected chi connectivity index (χ1v) is 6.64. The molecule has 0 bridgehead atoms. The summed E-state index contributed by atoms with van der Waals surface area (Å²) < 4.78 is 0. The Morgan fingerprint density at radius 2 is 2.00 bits per heavy atom. The quantitative estimate of drug-likeness (QED) is 0.831. The van der Waals surface area contributed by atoms with Gasteiger partial charge in [0.1, 0.15) is 0 Å².